The molecule has 0 aliphatic carbocycles. The highest BCUT2D eigenvalue weighted by molar-refractivity contribution is 9.10. The highest BCUT2D eigenvalue weighted by Crippen LogP contribution is 2.18. The number of benzene rings is 1. The number of amides is 1. The third kappa shape index (κ3) is 3.45. The molecular weight excluding hydrogens is 288 g/mol. The molecule has 0 aliphatic rings. The maximum atomic E-state index is 11.8. The van der Waals surface area contributed by atoms with Crippen LogP contribution in [0.4, 0.5) is 5.69 Å². The van der Waals surface area contributed by atoms with Crippen LogP contribution in [0, 0.1) is 0 Å². The van der Waals surface area contributed by atoms with E-state index in [1.807, 2.05) is 0 Å². The number of carboxylic acids is 1. The first-order valence-electron chi connectivity index (χ1n) is 4.84. The number of nitrogens with two attached hydrogens (primary N) is 1. The fourth-order valence-electron chi connectivity index (χ4n) is 1.15. The Kier molecular flexibility index (Phi) is 3.77. The van der Waals surface area contributed by atoms with Crippen molar-refractivity contribution >= 4 is 33.5 Å². The van der Waals surface area contributed by atoms with Gasteiger partial charge in [-0.2, -0.15) is 0 Å². The van der Waals surface area contributed by atoms with Crippen LogP contribution in [0.5, 0.6) is 0 Å². The van der Waals surface area contributed by atoms with Gasteiger partial charge >= 0.3 is 5.97 Å². The van der Waals surface area contributed by atoms with Crippen LogP contribution in [0.25, 0.3) is 0 Å². The molecule has 0 radical (unpaired) electrons. The number of carboxylic acid groups (broad SMARTS) is 1. The zero-order chi connectivity index (χ0) is 13.2. The number of aliphatic carboxylic acids is 1. The molecule has 6 heteroatoms. The Hall–Kier alpha value is -1.56. The second-order valence-corrected chi connectivity index (χ2v) is 5.07. The summed E-state index contributed by atoms with van der Waals surface area (Å²) in [7, 11) is 0. The number of nitrogen functional groups attached to an aromatic ring is 1. The molecule has 92 valence electrons. The van der Waals surface area contributed by atoms with Crippen molar-refractivity contribution in [1.29, 1.82) is 0 Å². The zero-order valence-corrected chi connectivity index (χ0v) is 11.0. The summed E-state index contributed by atoms with van der Waals surface area (Å²) in [6.07, 6.45) is 0. The fourth-order valence-corrected chi connectivity index (χ4v) is 1.66. The largest absolute Gasteiger partial charge is 0.480 e. The lowest BCUT2D eigenvalue weighted by Gasteiger charge is -2.21. The van der Waals surface area contributed by atoms with Crippen LogP contribution in [0.3, 0.4) is 0 Å². The summed E-state index contributed by atoms with van der Waals surface area (Å²) >= 11 is 3.21. The van der Waals surface area contributed by atoms with Crippen LogP contribution in [-0.4, -0.2) is 22.5 Å². The van der Waals surface area contributed by atoms with Gasteiger partial charge in [-0.1, -0.05) is 15.9 Å². The standard InChI is InChI=1S/C11H13BrN2O3/c1-11(2,10(16)17)14-9(15)6-3-7(12)5-8(13)4-6/h3-5H,13H2,1-2H3,(H,14,15)(H,16,17). The molecule has 0 saturated heterocycles. The van der Waals surface area contributed by atoms with E-state index < -0.39 is 17.4 Å². The predicted molar refractivity (Wildman–Crippen MR) is 67.7 cm³/mol. The van der Waals surface area contributed by atoms with E-state index in [9.17, 15) is 9.59 Å². The molecule has 1 aromatic carbocycles. The molecule has 0 unspecified atom stereocenters. The fraction of sp³-hybridized carbons (Fsp3) is 0.273. The van der Waals surface area contributed by atoms with Crippen LogP contribution in [-0.2, 0) is 4.79 Å². The van der Waals surface area contributed by atoms with Gasteiger partial charge < -0.3 is 16.2 Å². The van der Waals surface area contributed by atoms with E-state index in [1.54, 1.807) is 12.1 Å². The molecule has 0 aromatic heterocycles. The van der Waals surface area contributed by atoms with Gasteiger partial charge in [0.1, 0.15) is 5.54 Å². The summed E-state index contributed by atoms with van der Waals surface area (Å²) in [6, 6.07) is 4.71. The number of nitrogens with one attached hydrogen (secondary N) is 1. The van der Waals surface area contributed by atoms with Crippen molar-refractivity contribution in [3.8, 4) is 0 Å². The molecule has 0 fully saturated rings. The molecule has 0 atom stereocenters. The minimum absolute atomic E-state index is 0.311. The summed E-state index contributed by atoms with van der Waals surface area (Å²) < 4.78 is 0.663. The van der Waals surface area contributed by atoms with Gasteiger partial charge in [-0.3, -0.25) is 4.79 Å². The number of rotatable bonds is 3. The van der Waals surface area contributed by atoms with Gasteiger partial charge in [-0.15, -0.1) is 0 Å². The summed E-state index contributed by atoms with van der Waals surface area (Å²) in [5.74, 6) is -1.58. The monoisotopic (exact) mass is 300 g/mol. The lowest BCUT2D eigenvalue weighted by atomic mass is 10.1. The maximum Gasteiger partial charge on any atom is 0.328 e. The average molecular weight is 301 g/mol. The van der Waals surface area contributed by atoms with Gasteiger partial charge in [0.05, 0.1) is 0 Å². The Morgan fingerprint density at radius 2 is 1.94 bits per heavy atom. The first kappa shape index (κ1) is 13.5. The Morgan fingerprint density at radius 1 is 1.35 bits per heavy atom. The quantitative estimate of drug-likeness (QED) is 0.740. The first-order chi connectivity index (χ1) is 7.72. The number of hydrogen-bond acceptors (Lipinski definition) is 3. The van der Waals surface area contributed by atoms with E-state index in [2.05, 4.69) is 21.2 Å². The van der Waals surface area contributed by atoms with Crippen LogP contribution < -0.4 is 11.1 Å². The van der Waals surface area contributed by atoms with E-state index in [-0.39, 0.29) is 0 Å². The molecule has 0 saturated carbocycles. The molecule has 1 aromatic rings. The number of carbonyl (C=O) groups excluding carboxylic acids is 1. The van der Waals surface area contributed by atoms with Gasteiger partial charge in [0.2, 0.25) is 0 Å². The topological polar surface area (TPSA) is 92.4 Å². The van der Waals surface area contributed by atoms with Crippen molar-refractivity contribution < 1.29 is 14.7 Å². The van der Waals surface area contributed by atoms with Crippen molar-refractivity contribution in [3.63, 3.8) is 0 Å². The minimum Gasteiger partial charge on any atom is -0.480 e. The van der Waals surface area contributed by atoms with Gasteiger partial charge in [0, 0.05) is 15.7 Å². The van der Waals surface area contributed by atoms with Gasteiger partial charge in [-0.25, -0.2) is 4.79 Å². The second kappa shape index (κ2) is 4.75. The summed E-state index contributed by atoms with van der Waals surface area (Å²) in [5.41, 5.74) is 5.01. The number of halogens is 1. The third-order valence-corrected chi connectivity index (χ3v) is 2.60. The SMILES string of the molecule is CC(C)(NC(=O)c1cc(N)cc(Br)c1)C(=O)O. The second-order valence-electron chi connectivity index (χ2n) is 4.16. The average Bonchev–Trinajstić information content (AvgIpc) is 2.15. The van der Waals surface area contributed by atoms with Gasteiger partial charge in [-0.05, 0) is 32.0 Å². The predicted octanol–water partition coefficient (Wildman–Crippen LogP) is 1.62. The Labute approximate surface area is 107 Å². The lowest BCUT2D eigenvalue weighted by molar-refractivity contribution is -0.143. The molecule has 0 bridgehead atoms. The number of hydrogen-bond donors (Lipinski definition) is 3. The van der Waals surface area contributed by atoms with E-state index >= 15 is 0 Å². The van der Waals surface area contributed by atoms with Crippen molar-refractivity contribution in [2.45, 2.75) is 19.4 Å². The van der Waals surface area contributed by atoms with Crippen molar-refractivity contribution in [2.24, 2.45) is 0 Å². The molecule has 1 rings (SSSR count). The Bertz CT molecular complexity index is 452. The highest BCUT2D eigenvalue weighted by Gasteiger charge is 2.29. The molecule has 0 aliphatic heterocycles. The van der Waals surface area contributed by atoms with Crippen molar-refractivity contribution in [1.82, 2.24) is 5.32 Å². The van der Waals surface area contributed by atoms with Crippen LogP contribution in [0.15, 0.2) is 22.7 Å². The van der Waals surface area contributed by atoms with E-state index in [0.717, 1.165) is 0 Å². The third-order valence-electron chi connectivity index (χ3n) is 2.14. The van der Waals surface area contributed by atoms with Crippen molar-refractivity contribution in [3.05, 3.63) is 28.2 Å². The number of anilines is 1. The van der Waals surface area contributed by atoms with Gasteiger partial charge in [0.25, 0.3) is 5.91 Å². The molecular formula is C11H13BrN2O3. The molecule has 4 N–H and O–H groups in total. The smallest absolute Gasteiger partial charge is 0.328 e. The van der Waals surface area contributed by atoms with Crippen LogP contribution in [0.1, 0.15) is 24.2 Å². The summed E-state index contributed by atoms with van der Waals surface area (Å²) in [5, 5.41) is 11.3. The van der Waals surface area contributed by atoms with Gasteiger partial charge in [0.15, 0.2) is 0 Å². The minimum atomic E-state index is -1.33. The first-order valence-corrected chi connectivity index (χ1v) is 5.63. The molecule has 5 nitrogen and oxygen atoms in total. The highest BCUT2D eigenvalue weighted by atomic mass is 79.9. The van der Waals surface area contributed by atoms with Crippen LogP contribution >= 0.6 is 15.9 Å². The summed E-state index contributed by atoms with van der Waals surface area (Å²) in [6.45, 7) is 2.82. The molecule has 17 heavy (non-hydrogen) atoms. The van der Waals surface area contributed by atoms with E-state index in [0.29, 0.717) is 15.7 Å². The van der Waals surface area contributed by atoms with Crippen LogP contribution in [0.2, 0.25) is 0 Å². The normalized spacial score (nSPS) is 11.0. The lowest BCUT2D eigenvalue weighted by Crippen LogP contribution is -2.49. The molecule has 0 heterocycles. The molecule has 1 amide bonds. The molecule has 0 spiro atoms. The number of carbonyl (C=O) groups is 2. The summed E-state index contributed by atoms with van der Waals surface area (Å²) in [4.78, 5) is 22.7. The Morgan fingerprint density at radius 3 is 2.41 bits per heavy atom. The zero-order valence-electron chi connectivity index (χ0n) is 9.45. The Balaban J connectivity index is 2.94. The maximum absolute atomic E-state index is 11.8. The van der Waals surface area contributed by atoms with Crippen molar-refractivity contribution in [2.75, 3.05) is 5.73 Å². The van der Waals surface area contributed by atoms with E-state index in [1.165, 1.54) is 19.9 Å². The van der Waals surface area contributed by atoms with E-state index in [4.69, 9.17) is 10.8 Å².